The lowest BCUT2D eigenvalue weighted by Crippen LogP contribution is -2.31. The van der Waals surface area contributed by atoms with Crippen LogP contribution >= 0.6 is 0 Å². The molecule has 0 saturated heterocycles. The average Bonchev–Trinajstić information content (AvgIpc) is 3.25. The fourth-order valence-corrected chi connectivity index (χ4v) is 3.34. The van der Waals surface area contributed by atoms with Crippen LogP contribution in [-0.4, -0.2) is 21.8 Å². The molecule has 25 heavy (non-hydrogen) atoms. The summed E-state index contributed by atoms with van der Waals surface area (Å²) in [5.74, 6) is -1.56. The molecule has 2 aromatic rings. The minimum absolute atomic E-state index is 0.0188. The van der Waals surface area contributed by atoms with Crippen molar-refractivity contribution in [2.75, 3.05) is 0 Å². The van der Waals surface area contributed by atoms with Crippen LogP contribution in [0.1, 0.15) is 36.1 Å². The summed E-state index contributed by atoms with van der Waals surface area (Å²) in [5, 5.41) is 8.86. The fraction of sp³-hybridized carbons (Fsp3) is 0.389. The predicted molar refractivity (Wildman–Crippen MR) is 83.4 cm³/mol. The van der Waals surface area contributed by atoms with Crippen molar-refractivity contribution in [2.24, 2.45) is 0 Å². The van der Waals surface area contributed by atoms with Crippen LogP contribution in [0.3, 0.4) is 0 Å². The van der Waals surface area contributed by atoms with Gasteiger partial charge in [-0.1, -0.05) is 6.07 Å². The molecule has 1 aliphatic carbocycles. The molecule has 1 heterocycles. The van der Waals surface area contributed by atoms with Crippen LogP contribution < -0.4 is 0 Å². The molecule has 0 unspecified atom stereocenters. The maximum atomic E-state index is 13.7. The second-order valence-electron chi connectivity index (χ2n) is 6.45. The van der Waals surface area contributed by atoms with E-state index in [9.17, 15) is 22.4 Å². The Kier molecular flexibility index (Phi) is 4.13. The number of aromatic nitrogens is 1. The Labute approximate surface area is 141 Å². The van der Waals surface area contributed by atoms with Crippen molar-refractivity contribution in [3.63, 3.8) is 0 Å². The van der Waals surface area contributed by atoms with E-state index in [-0.39, 0.29) is 31.4 Å². The molecule has 1 aliphatic rings. The maximum absolute atomic E-state index is 13.7. The van der Waals surface area contributed by atoms with Gasteiger partial charge in [0.1, 0.15) is 11.2 Å². The normalized spacial score (nSPS) is 16.0. The summed E-state index contributed by atoms with van der Waals surface area (Å²) < 4.78 is 56.0. The third-order valence-electron chi connectivity index (χ3n) is 4.80. The minimum atomic E-state index is -4.41. The van der Waals surface area contributed by atoms with Gasteiger partial charge in [-0.05, 0) is 55.5 Å². The number of carboxylic acids is 1. The van der Waals surface area contributed by atoms with Crippen LogP contribution in [0.4, 0.5) is 17.6 Å². The lowest BCUT2D eigenvalue weighted by molar-refractivity contribution is -0.162. The first-order chi connectivity index (χ1) is 11.7. The van der Waals surface area contributed by atoms with Gasteiger partial charge in [0.2, 0.25) is 0 Å². The Bertz CT molecular complexity index is 819. The number of carboxylic acid groups (broad SMARTS) is 1. The molecule has 7 heteroatoms. The number of hydrogen-bond acceptors (Lipinski definition) is 1. The number of hydrogen-bond donors (Lipinski definition) is 1. The second-order valence-corrected chi connectivity index (χ2v) is 6.45. The molecular formula is C18H17F4NO2. The number of carbonyl (C=O) groups is 1. The van der Waals surface area contributed by atoms with Gasteiger partial charge in [-0.3, -0.25) is 4.79 Å². The first-order valence-electron chi connectivity index (χ1n) is 7.91. The van der Waals surface area contributed by atoms with Gasteiger partial charge in [0, 0.05) is 24.0 Å². The molecular weight excluding hydrogens is 338 g/mol. The number of aliphatic carboxylic acids is 1. The number of rotatable bonds is 5. The van der Waals surface area contributed by atoms with E-state index >= 15 is 0 Å². The molecule has 1 aromatic heterocycles. The van der Waals surface area contributed by atoms with E-state index in [2.05, 4.69) is 0 Å². The highest BCUT2D eigenvalue weighted by molar-refractivity contribution is 5.67. The monoisotopic (exact) mass is 355 g/mol. The summed E-state index contributed by atoms with van der Waals surface area (Å²) in [6, 6.07) is 5.38. The number of aryl methyl sites for hydroxylation is 1. The molecule has 0 aliphatic heterocycles. The zero-order chi connectivity index (χ0) is 18.4. The highest BCUT2D eigenvalue weighted by Crippen LogP contribution is 2.60. The fourth-order valence-electron chi connectivity index (χ4n) is 3.34. The molecule has 1 saturated carbocycles. The summed E-state index contributed by atoms with van der Waals surface area (Å²) in [7, 11) is 0. The molecule has 1 fully saturated rings. The van der Waals surface area contributed by atoms with Crippen molar-refractivity contribution in [3.05, 3.63) is 53.1 Å². The molecule has 0 radical (unpaired) electrons. The molecule has 3 nitrogen and oxygen atoms in total. The van der Waals surface area contributed by atoms with Crippen molar-refractivity contribution in [2.45, 2.75) is 44.2 Å². The van der Waals surface area contributed by atoms with Gasteiger partial charge in [0.05, 0.1) is 0 Å². The molecule has 0 bridgehead atoms. The van der Waals surface area contributed by atoms with Gasteiger partial charge in [-0.25, -0.2) is 4.39 Å². The highest BCUT2D eigenvalue weighted by Gasteiger charge is 2.66. The quantitative estimate of drug-likeness (QED) is 0.801. The molecule has 0 amide bonds. The zero-order valence-corrected chi connectivity index (χ0v) is 13.5. The van der Waals surface area contributed by atoms with E-state index in [4.69, 9.17) is 5.11 Å². The Morgan fingerprint density at radius 2 is 2.00 bits per heavy atom. The Morgan fingerprint density at radius 1 is 1.32 bits per heavy atom. The van der Waals surface area contributed by atoms with Gasteiger partial charge < -0.3 is 9.67 Å². The molecule has 3 rings (SSSR count). The maximum Gasteiger partial charge on any atom is 0.399 e. The molecule has 0 spiro atoms. The van der Waals surface area contributed by atoms with Gasteiger partial charge in [-0.15, -0.1) is 0 Å². The van der Waals surface area contributed by atoms with E-state index in [1.165, 1.54) is 29.0 Å². The number of halogens is 4. The van der Waals surface area contributed by atoms with Gasteiger partial charge >= 0.3 is 12.1 Å². The van der Waals surface area contributed by atoms with Crippen LogP contribution in [0.15, 0.2) is 30.5 Å². The summed E-state index contributed by atoms with van der Waals surface area (Å²) >= 11 is 0. The first kappa shape index (κ1) is 17.5. The van der Waals surface area contributed by atoms with E-state index < -0.39 is 23.4 Å². The average molecular weight is 355 g/mol. The highest BCUT2D eigenvalue weighted by atomic mass is 19.4. The first-order valence-corrected chi connectivity index (χ1v) is 7.91. The topological polar surface area (TPSA) is 42.2 Å². The Morgan fingerprint density at radius 3 is 2.52 bits per heavy atom. The van der Waals surface area contributed by atoms with E-state index in [0.717, 1.165) is 0 Å². The second kappa shape index (κ2) is 5.89. The third kappa shape index (κ3) is 3.03. The third-order valence-corrected chi connectivity index (χ3v) is 4.80. The minimum Gasteiger partial charge on any atom is -0.481 e. The molecule has 134 valence electrons. The lowest BCUT2D eigenvalue weighted by Gasteiger charge is -2.23. The lowest BCUT2D eigenvalue weighted by atomic mass is 9.95. The summed E-state index contributed by atoms with van der Waals surface area (Å²) in [4.78, 5) is 10.8. The van der Waals surface area contributed by atoms with Crippen LogP contribution in [0.25, 0.3) is 5.69 Å². The van der Waals surface area contributed by atoms with Gasteiger partial charge in [0.15, 0.2) is 0 Å². The van der Waals surface area contributed by atoms with Crippen LogP contribution in [0.2, 0.25) is 0 Å². The van der Waals surface area contributed by atoms with Crippen LogP contribution in [-0.2, 0) is 16.6 Å². The van der Waals surface area contributed by atoms with E-state index in [1.807, 2.05) is 0 Å². The predicted octanol–water partition coefficient (Wildman–Crippen LogP) is 4.54. The van der Waals surface area contributed by atoms with E-state index in [0.29, 0.717) is 16.8 Å². The molecule has 1 aromatic carbocycles. The van der Waals surface area contributed by atoms with Crippen molar-refractivity contribution in [3.8, 4) is 5.69 Å². The Balaban J connectivity index is 2.16. The van der Waals surface area contributed by atoms with Gasteiger partial charge in [-0.2, -0.15) is 13.2 Å². The number of alkyl halides is 3. The molecule has 1 N–H and O–H groups in total. The van der Waals surface area contributed by atoms with Crippen molar-refractivity contribution in [1.29, 1.82) is 0 Å². The zero-order valence-electron chi connectivity index (χ0n) is 13.5. The summed E-state index contributed by atoms with van der Waals surface area (Å²) in [6.07, 6.45) is -2.99. The standard InChI is InChI=1S/C18H17F4NO2/c1-11-12(5-6-15(24)25)10-23(14-4-2-3-13(19)9-14)16(11)17(7-8-17)18(20,21)22/h2-4,9-10H,5-8H2,1H3,(H,24,25). The van der Waals surface area contributed by atoms with Crippen LogP contribution in [0.5, 0.6) is 0 Å². The Hall–Kier alpha value is -2.31. The SMILES string of the molecule is Cc1c(CCC(=O)O)cn(-c2cccc(F)c2)c1C1(C(F)(F)F)CC1. The number of benzene rings is 1. The van der Waals surface area contributed by atoms with Crippen molar-refractivity contribution in [1.82, 2.24) is 4.57 Å². The largest absolute Gasteiger partial charge is 0.481 e. The van der Waals surface area contributed by atoms with Crippen molar-refractivity contribution < 1.29 is 27.5 Å². The van der Waals surface area contributed by atoms with Gasteiger partial charge in [0.25, 0.3) is 0 Å². The summed E-state index contributed by atoms with van der Waals surface area (Å²) in [5.41, 5.74) is -0.580. The summed E-state index contributed by atoms with van der Waals surface area (Å²) in [6.45, 7) is 1.58. The van der Waals surface area contributed by atoms with Crippen LogP contribution in [0, 0.1) is 12.7 Å². The van der Waals surface area contributed by atoms with Crippen molar-refractivity contribution >= 4 is 5.97 Å². The number of nitrogens with zero attached hydrogens (tertiary/aromatic N) is 1. The van der Waals surface area contributed by atoms with E-state index in [1.54, 1.807) is 13.0 Å². The smallest absolute Gasteiger partial charge is 0.399 e. The molecule has 0 atom stereocenters.